The van der Waals surface area contributed by atoms with Gasteiger partial charge in [-0.3, -0.25) is 4.98 Å². The predicted octanol–water partition coefficient (Wildman–Crippen LogP) is 3.32. The summed E-state index contributed by atoms with van der Waals surface area (Å²) in [5, 5.41) is 5.96. The Hall–Kier alpha value is -1.10. The van der Waals surface area contributed by atoms with E-state index >= 15 is 0 Å². The van der Waals surface area contributed by atoms with Crippen molar-refractivity contribution in [2.24, 2.45) is 0 Å². The van der Waals surface area contributed by atoms with Gasteiger partial charge in [0, 0.05) is 35.3 Å². The van der Waals surface area contributed by atoms with E-state index in [1.807, 2.05) is 24.3 Å². The molecule has 3 rings (SSSR count). The molecule has 1 aromatic heterocycles. The van der Waals surface area contributed by atoms with Crippen molar-refractivity contribution in [3.8, 4) is 0 Å². The molecule has 1 aliphatic heterocycles. The van der Waals surface area contributed by atoms with E-state index in [4.69, 9.17) is 0 Å². The molecule has 0 aliphatic carbocycles. The second kappa shape index (κ2) is 6.57. The summed E-state index contributed by atoms with van der Waals surface area (Å²) in [4.78, 5) is 5.49. The third-order valence-corrected chi connectivity index (χ3v) is 5.04. The third-order valence-electron chi connectivity index (χ3n) is 3.80. The molecule has 20 heavy (non-hydrogen) atoms. The first-order valence-corrected chi connectivity index (χ1v) is 8.09. The lowest BCUT2D eigenvalue weighted by molar-refractivity contribution is 0.323. The van der Waals surface area contributed by atoms with E-state index in [0.717, 1.165) is 19.6 Å². The topological polar surface area (TPSA) is 28.2 Å². The highest BCUT2D eigenvalue weighted by Gasteiger charge is 2.16. The first-order chi connectivity index (χ1) is 9.83. The summed E-state index contributed by atoms with van der Waals surface area (Å²) in [6.07, 6.45) is 6.22. The van der Waals surface area contributed by atoms with Crippen molar-refractivity contribution < 1.29 is 0 Å². The Morgan fingerprint density at radius 3 is 3.15 bits per heavy atom. The molecule has 0 unspecified atom stereocenters. The average Bonchev–Trinajstić information content (AvgIpc) is 2.47. The van der Waals surface area contributed by atoms with E-state index in [0.29, 0.717) is 6.04 Å². The van der Waals surface area contributed by atoms with Crippen LogP contribution < -0.4 is 5.32 Å². The molecule has 1 fully saturated rings. The summed E-state index contributed by atoms with van der Waals surface area (Å²) in [6, 6.07) is 9.34. The lowest BCUT2D eigenvalue weighted by atomic mass is 10.2. The number of fused-ring (bicyclic) bond motifs is 1. The van der Waals surface area contributed by atoms with Gasteiger partial charge in [0.05, 0.1) is 0 Å². The Morgan fingerprint density at radius 1 is 1.25 bits per heavy atom. The fourth-order valence-corrected chi connectivity index (χ4v) is 3.63. The third kappa shape index (κ3) is 3.32. The van der Waals surface area contributed by atoms with Crippen molar-refractivity contribution in [1.82, 2.24) is 14.6 Å². The van der Waals surface area contributed by atoms with Gasteiger partial charge in [0.25, 0.3) is 0 Å². The molecule has 2 aromatic rings. The first kappa shape index (κ1) is 13.9. The Labute approximate surface area is 124 Å². The summed E-state index contributed by atoms with van der Waals surface area (Å²) in [5.41, 5.74) is 0. The molecule has 0 bridgehead atoms. The van der Waals surface area contributed by atoms with Crippen LogP contribution in [-0.2, 0) is 0 Å². The van der Waals surface area contributed by atoms with Gasteiger partial charge in [-0.25, -0.2) is 4.31 Å². The van der Waals surface area contributed by atoms with Gasteiger partial charge in [0.15, 0.2) is 0 Å². The molecular formula is C16H21N3S. The molecule has 1 atom stereocenters. The number of rotatable bonds is 2. The van der Waals surface area contributed by atoms with Crippen LogP contribution in [0.2, 0.25) is 0 Å². The summed E-state index contributed by atoms with van der Waals surface area (Å²) in [6.45, 7) is 5.73. The molecule has 2 heterocycles. The fraction of sp³-hybridized carbons (Fsp3) is 0.438. The van der Waals surface area contributed by atoms with Crippen LogP contribution in [0.3, 0.4) is 0 Å². The zero-order chi connectivity index (χ0) is 13.8. The van der Waals surface area contributed by atoms with Crippen LogP contribution in [0.15, 0.2) is 41.6 Å². The molecule has 1 saturated heterocycles. The van der Waals surface area contributed by atoms with Gasteiger partial charge < -0.3 is 5.32 Å². The summed E-state index contributed by atoms with van der Waals surface area (Å²) in [7, 11) is 0. The number of aromatic nitrogens is 1. The monoisotopic (exact) mass is 287 g/mol. The lowest BCUT2D eigenvalue weighted by Gasteiger charge is -2.30. The Bertz CT molecular complexity index is 572. The van der Waals surface area contributed by atoms with Crippen molar-refractivity contribution in [3.05, 3.63) is 36.7 Å². The van der Waals surface area contributed by atoms with Crippen LogP contribution in [0.5, 0.6) is 0 Å². The maximum absolute atomic E-state index is 4.17. The number of pyridine rings is 1. The Kier molecular flexibility index (Phi) is 4.55. The Balaban J connectivity index is 1.76. The molecule has 106 valence electrons. The first-order valence-electron chi connectivity index (χ1n) is 7.32. The summed E-state index contributed by atoms with van der Waals surface area (Å²) in [5.74, 6) is 0. The van der Waals surface area contributed by atoms with Gasteiger partial charge in [-0.2, -0.15) is 0 Å². The molecule has 1 N–H and O–H groups in total. The SMILES string of the molecule is C[C@H]1CCNCCCN1Sc1ccc2cnccc2c1. The second-order valence-electron chi connectivity index (χ2n) is 5.36. The van der Waals surface area contributed by atoms with E-state index in [1.165, 1.54) is 28.5 Å². The fourth-order valence-electron chi connectivity index (χ4n) is 2.55. The van der Waals surface area contributed by atoms with E-state index in [9.17, 15) is 0 Å². The average molecular weight is 287 g/mol. The highest BCUT2D eigenvalue weighted by Crippen LogP contribution is 2.29. The van der Waals surface area contributed by atoms with E-state index in [2.05, 4.69) is 45.8 Å². The van der Waals surface area contributed by atoms with Crippen molar-refractivity contribution in [3.63, 3.8) is 0 Å². The smallest absolute Gasteiger partial charge is 0.0346 e. The minimum absolute atomic E-state index is 0.612. The summed E-state index contributed by atoms with van der Waals surface area (Å²) < 4.78 is 2.53. The zero-order valence-corrected chi connectivity index (χ0v) is 12.7. The minimum atomic E-state index is 0.612. The van der Waals surface area contributed by atoms with Gasteiger partial charge in [-0.05, 0) is 68.4 Å². The van der Waals surface area contributed by atoms with Crippen molar-refractivity contribution in [1.29, 1.82) is 0 Å². The van der Waals surface area contributed by atoms with E-state index < -0.39 is 0 Å². The normalized spacial score (nSPS) is 21.6. The molecule has 0 amide bonds. The molecule has 1 aliphatic rings. The molecular weight excluding hydrogens is 266 g/mol. The van der Waals surface area contributed by atoms with Gasteiger partial charge in [0.1, 0.15) is 0 Å². The standard InChI is InChI=1S/C16H21N3S/c1-13-5-8-17-7-2-10-19(13)20-16-4-3-15-12-18-9-6-14(15)11-16/h3-4,6,9,11-13,17H,2,5,7-8,10H2,1H3/t13-/m0/s1. The largest absolute Gasteiger partial charge is 0.317 e. The second-order valence-corrected chi connectivity index (χ2v) is 6.48. The number of benzene rings is 1. The lowest BCUT2D eigenvalue weighted by Crippen LogP contribution is -2.35. The molecule has 3 nitrogen and oxygen atoms in total. The van der Waals surface area contributed by atoms with Gasteiger partial charge >= 0.3 is 0 Å². The van der Waals surface area contributed by atoms with Gasteiger partial charge in [-0.1, -0.05) is 6.07 Å². The maximum atomic E-state index is 4.17. The number of hydrogen-bond acceptors (Lipinski definition) is 4. The highest BCUT2D eigenvalue weighted by molar-refractivity contribution is 7.97. The maximum Gasteiger partial charge on any atom is 0.0346 e. The predicted molar refractivity (Wildman–Crippen MR) is 85.9 cm³/mol. The summed E-state index contributed by atoms with van der Waals surface area (Å²) >= 11 is 1.90. The molecule has 1 aromatic carbocycles. The van der Waals surface area contributed by atoms with Crippen LogP contribution in [0.1, 0.15) is 19.8 Å². The van der Waals surface area contributed by atoms with E-state index in [1.54, 1.807) is 0 Å². The van der Waals surface area contributed by atoms with Crippen molar-refractivity contribution in [2.75, 3.05) is 19.6 Å². The number of hydrogen-bond donors (Lipinski definition) is 1. The quantitative estimate of drug-likeness (QED) is 0.858. The number of nitrogens with zero attached hydrogens (tertiary/aromatic N) is 2. The van der Waals surface area contributed by atoms with Crippen LogP contribution in [0.25, 0.3) is 10.8 Å². The van der Waals surface area contributed by atoms with Crippen molar-refractivity contribution >= 4 is 22.7 Å². The Morgan fingerprint density at radius 2 is 2.20 bits per heavy atom. The number of nitrogens with one attached hydrogen (secondary N) is 1. The highest BCUT2D eigenvalue weighted by atomic mass is 32.2. The van der Waals surface area contributed by atoms with Crippen molar-refractivity contribution in [2.45, 2.75) is 30.7 Å². The van der Waals surface area contributed by atoms with Gasteiger partial charge in [0.2, 0.25) is 0 Å². The van der Waals surface area contributed by atoms with Crippen LogP contribution in [-0.4, -0.2) is 35.0 Å². The van der Waals surface area contributed by atoms with Crippen LogP contribution in [0.4, 0.5) is 0 Å². The zero-order valence-electron chi connectivity index (χ0n) is 11.9. The molecule has 4 heteroatoms. The van der Waals surface area contributed by atoms with Crippen LogP contribution in [0, 0.1) is 0 Å². The van der Waals surface area contributed by atoms with E-state index in [-0.39, 0.29) is 0 Å². The molecule has 0 spiro atoms. The van der Waals surface area contributed by atoms with Gasteiger partial charge in [-0.15, -0.1) is 0 Å². The molecule has 0 radical (unpaired) electrons. The van der Waals surface area contributed by atoms with Crippen LogP contribution >= 0.6 is 11.9 Å². The molecule has 0 saturated carbocycles. The minimum Gasteiger partial charge on any atom is -0.317 e.